The van der Waals surface area contributed by atoms with Crippen LogP contribution in [0.2, 0.25) is 0 Å². The van der Waals surface area contributed by atoms with Crippen molar-refractivity contribution in [1.29, 1.82) is 0 Å². The second kappa shape index (κ2) is 18.1. The summed E-state index contributed by atoms with van der Waals surface area (Å²) in [6.07, 6.45) is 11.4. The van der Waals surface area contributed by atoms with Crippen LogP contribution in [-0.2, 0) is 47.6 Å². The van der Waals surface area contributed by atoms with Gasteiger partial charge in [-0.25, -0.2) is 9.59 Å². The molecule has 362 valence electrons. The Morgan fingerprint density at radius 1 is 0.576 bits per heavy atom. The van der Waals surface area contributed by atoms with E-state index in [1.54, 1.807) is 24.3 Å². The van der Waals surface area contributed by atoms with Crippen molar-refractivity contribution in [3.05, 3.63) is 47.6 Å². The number of aliphatic hydroxyl groups excluding tert-OH is 2. The number of hydrogen-bond acceptors (Lipinski definition) is 16. The Morgan fingerprint density at radius 3 is 1.35 bits per heavy atom. The number of hydrogen-bond donors (Lipinski definition) is 4. The molecular weight excluding hydrogens is 857 g/mol. The number of rotatable bonds is 15. The van der Waals surface area contributed by atoms with Gasteiger partial charge < -0.3 is 48.8 Å². The van der Waals surface area contributed by atoms with Crippen LogP contribution in [0.4, 0.5) is 9.59 Å². The molecule has 0 unspecified atom stereocenters. The maximum Gasteiger partial charge on any atom is 0.508 e. The fourth-order valence-corrected chi connectivity index (χ4v) is 14.8. The first-order valence-corrected chi connectivity index (χ1v) is 23.7. The van der Waals surface area contributed by atoms with Crippen LogP contribution in [0.25, 0.3) is 0 Å². The van der Waals surface area contributed by atoms with Gasteiger partial charge in [0.2, 0.25) is 11.6 Å². The highest BCUT2D eigenvalue weighted by molar-refractivity contribution is 6.01. The second-order valence-electron chi connectivity index (χ2n) is 21.1. The van der Waals surface area contributed by atoms with E-state index in [9.17, 15) is 49.2 Å². The fourth-order valence-electron chi connectivity index (χ4n) is 14.8. The monoisotopic (exact) mass is 922 g/mol. The number of carbonyl (C=O) groups excluding carboxylic acids is 6. The second-order valence-corrected chi connectivity index (χ2v) is 21.1. The van der Waals surface area contributed by atoms with Crippen molar-refractivity contribution in [1.82, 2.24) is 0 Å². The number of ether oxygens (including phenoxy) is 6. The van der Waals surface area contributed by atoms with Crippen LogP contribution in [-0.4, -0.2) is 132 Å². The summed E-state index contributed by atoms with van der Waals surface area (Å²) >= 11 is 0. The third-order valence-electron chi connectivity index (χ3n) is 18.1. The molecule has 0 radical (unpaired) electrons. The molecule has 66 heavy (non-hydrogen) atoms. The van der Waals surface area contributed by atoms with Gasteiger partial charge in [-0.1, -0.05) is 51.0 Å². The lowest BCUT2D eigenvalue weighted by Crippen LogP contribution is -2.61. The van der Waals surface area contributed by atoms with Gasteiger partial charge in [0.05, 0.1) is 38.6 Å². The average molecular weight is 923 g/mol. The summed E-state index contributed by atoms with van der Waals surface area (Å²) in [4.78, 5) is 75.9. The highest BCUT2D eigenvalue weighted by Crippen LogP contribution is 2.69. The lowest BCUT2D eigenvalue weighted by molar-refractivity contribution is -0.179. The number of Topliss-reactive ketones (excluding diaryl/α,β-unsaturated/α-hetero) is 2. The lowest BCUT2D eigenvalue weighted by atomic mass is 9.46. The summed E-state index contributed by atoms with van der Waals surface area (Å²) in [5.74, 6) is -1.68. The molecule has 0 aromatic rings. The van der Waals surface area contributed by atoms with Crippen molar-refractivity contribution in [2.75, 3.05) is 52.9 Å². The largest absolute Gasteiger partial charge is 0.508 e. The van der Waals surface area contributed by atoms with E-state index in [1.165, 1.54) is 0 Å². The van der Waals surface area contributed by atoms with Gasteiger partial charge in [-0.15, -0.1) is 0 Å². The fraction of sp³-hybridized carbons (Fsp3) is 0.720. The summed E-state index contributed by atoms with van der Waals surface area (Å²) < 4.78 is 31.1. The molecule has 0 saturated heterocycles. The Bertz CT molecular complexity index is 1960. The first-order chi connectivity index (χ1) is 31.2. The molecule has 16 heteroatoms. The molecule has 8 aliphatic rings. The molecule has 14 atom stereocenters. The van der Waals surface area contributed by atoms with Crippen LogP contribution < -0.4 is 0 Å². The zero-order valence-corrected chi connectivity index (χ0v) is 38.5. The van der Waals surface area contributed by atoms with Gasteiger partial charge in [0.25, 0.3) is 0 Å². The standard InChI is InChI=1S/C50H66O16/c1-45-13-9-31(51)23-29(45)5-7-33-35-11-15-49(59,47(35,3)25-37(53)41(33)45)39(55)27-65-43(57)63-21-19-61-17-18-62-20-22-64-44(58)66-28-40(56)50(60)16-12-36-34-8-6-30-24-32(52)10-14-46(30,2)42(34)38(54)26-48(36,50)4/h9-10,13-14,23-24,33-38,41-42,53-54,59-60H,5-8,11-12,15-22,25-28H2,1-4H3/t33-,34-,35-,36-,37-,38-,41+,42+,45-,46-,47-,48-,49-,50-/m0/s1. The molecule has 4 N–H and O–H groups in total. The van der Waals surface area contributed by atoms with Crippen LogP contribution in [0.1, 0.15) is 91.9 Å². The topological polar surface area (TPSA) is 239 Å². The molecule has 8 rings (SSSR count). The molecule has 0 aliphatic heterocycles. The van der Waals surface area contributed by atoms with E-state index in [1.807, 2.05) is 26.0 Å². The van der Waals surface area contributed by atoms with Gasteiger partial charge in [0.1, 0.15) is 24.4 Å². The minimum absolute atomic E-state index is 0.00390. The van der Waals surface area contributed by atoms with Gasteiger partial charge in [-0.05, 0) is 112 Å². The maximum atomic E-state index is 13.5. The van der Waals surface area contributed by atoms with Gasteiger partial charge >= 0.3 is 12.3 Å². The van der Waals surface area contributed by atoms with E-state index in [0.717, 1.165) is 24.0 Å². The van der Waals surface area contributed by atoms with Crippen molar-refractivity contribution < 1.29 is 77.6 Å². The zero-order chi connectivity index (χ0) is 47.5. The van der Waals surface area contributed by atoms with E-state index in [2.05, 4.69) is 13.8 Å². The number of carbonyl (C=O) groups is 6. The van der Waals surface area contributed by atoms with Gasteiger partial charge in [-0.2, -0.15) is 0 Å². The van der Waals surface area contributed by atoms with Gasteiger partial charge in [-0.3, -0.25) is 19.2 Å². The Hall–Kier alpha value is -4.06. The van der Waals surface area contributed by atoms with Crippen LogP contribution >= 0.6 is 0 Å². The van der Waals surface area contributed by atoms with Gasteiger partial charge in [0, 0.05) is 33.5 Å². The Kier molecular flexibility index (Phi) is 13.3. The first kappa shape index (κ1) is 48.4. The van der Waals surface area contributed by atoms with E-state index >= 15 is 0 Å². The lowest BCUT2D eigenvalue weighted by Gasteiger charge is -2.59. The van der Waals surface area contributed by atoms with E-state index in [-0.39, 0.29) is 112 Å². The van der Waals surface area contributed by atoms with E-state index in [4.69, 9.17) is 28.4 Å². The van der Waals surface area contributed by atoms with Crippen LogP contribution in [0.3, 0.4) is 0 Å². The molecule has 6 saturated carbocycles. The molecule has 16 nitrogen and oxygen atoms in total. The molecule has 0 aromatic heterocycles. The molecule has 0 amide bonds. The summed E-state index contributed by atoms with van der Waals surface area (Å²) in [6, 6.07) is 0. The molecule has 0 heterocycles. The smallest absolute Gasteiger partial charge is 0.432 e. The van der Waals surface area contributed by atoms with Crippen molar-refractivity contribution >= 4 is 35.4 Å². The highest BCUT2D eigenvalue weighted by atomic mass is 16.7. The molecule has 0 bridgehead atoms. The van der Waals surface area contributed by atoms with Crippen molar-refractivity contribution in [2.45, 2.75) is 115 Å². The molecule has 8 aliphatic carbocycles. The van der Waals surface area contributed by atoms with E-state index < -0.39 is 82.2 Å². The third kappa shape index (κ3) is 8.04. The minimum atomic E-state index is -1.80. The van der Waals surface area contributed by atoms with Crippen molar-refractivity contribution in [3.63, 3.8) is 0 Å². The molecule has 0 aromatic carbocycles. The molecule has 0 spiro atoms. The van der Waals surface area contributed by atoms with Crippen LogP contribution in [0.15, 0.2) is 47.6 Å². The normalized spacial score (nSPS) is 41.8. The third-order valence-corrected chi connectivity index (χ3v) is 18.1. The Morgan fingerprint density at radius 2 is 0.955 bits per heavy atom. The maximum absolute atomic E-state index is 13.5. The number of allylic oxidation sites excluding steroid dienone is 8. The van der Waals surface area contributed by atoms with Crippen molar-refractivity contribution in [3.8, 4) is 0 Å². The Balaban J connectivity index is 0.683. The molecular formula is C50H66O16. The first-order valence-electron chi connectivity index (χ1n) is 23.7. The number of fused-ring (bicyclic) bond motifs is 10. The molecule has 6 fully saturated rings. The summed E-state index contributed by atoms with van der Waals surface area (Å²) in [5.41, 5.74) is -4.36. The summed E-state index contributed by atoms with van der Waals surface area (Å²) in [5, 5.41) is 46.9. The van der Waals surface area contributed by atoms with Crippen molar-refractivity contribution in [2.24, 2.45) is 57.2 Å². The van der Waals surface area contributed by atoms with Crippen LogP contribution in [0, 0.1) is 57.2 Å². The quantitative estimate of drug-likeness (QED) is 0.131. The predicted molar refractivity (Wildman–Crippen MR) is 232 cm³/mol. The number of ketones is 4. The SMILES string of the molecule is C[C@]12C=CC(=O)C=C1CC[C@@H]1[C@@H]2[C@@H](O)C[C@@]2(C)[C@H]1CC[C@]2(O)C(=O)COC(=O)OCCOCCOCCOC(=O)OCC(=O)[C@@]1(O)CC[C@H]2[C@@H]3CCC4=CC(=O)C=C[C@]4(C)[C@H]3[C@@H](O)C[C@@]21C. The Labute approximate surface area is 385 Å². The summed E-state index contributed by atoms with van der Waals surface area (Å²) in [7, 11) is 0. The minimum Gasteiger partial charge on any atom is -0.432 e. The average Bonchev–Trinajstić information content (AvgIpc) is 3.70. The highest BCUT2D eigenvalue weighted by Gasteiger charge is 2.70. The van der Waals surface area contributed by atoms with Gasteiger partial charge in [0.15, 0.2) is 24.8 Å². The zero-order valence-electron chi connectivity index (χ0n) is 38.5. The van der Waals surface area contributed by atoms with Crippen LogP contribution in [0.5, 0.6) is 0 Å². The number of aliphatic hydroxyl groups is 4. The van der Waals surface area contributed by atoms with E-state index in [0.29, 0.717) is 25.7 Å². The predicted octanol–water partition coefficient (Wildman–Crippen LogP) is 4.48. The summed E-state index contributed by atoms with van der Waals surface area (Å²) in [6.45, 7) is 6.31.